The second-order valence-electron chi connectivity index (χ2n) is 3.31. The van der Waals surface area contributed by atoms with Crippen LogP contribution in [0.15, 0.2) is 0 Å². The lowest BCUT2D eigenvalue weighted by atomic mass is 10.1. The first-order chi connectivity index (χ1) is 5.57. The summed E-state index contributed by atoms with van der Waals surface area (Å²) >= 11 is 0. The van der Waals surface area contributed by atoms with Gasteiger partial charge in [0, 0.05) is 13.1 Å². The van der Waals surface area contributed by atoms with Gasteiger partial charge < -0.3 is 20.6 Å². The largest absolute Gasteiger partial charge is 0.394 e. The van der Waals surface area contributed by atoms with E-state index in [-0.39, 0.29) is 12.5 Å². The van der Waals surface area contributed by atoms with Crippen LogP contribution in [0.25, 0.3) is 0 Å². The minimum Gasteiger partial charge on any atom is -0.394 e. The van der Waals surface area contributed by atoms with Crippen LogP contribution in [0.4, 0.5) is 0 Å². The van der Waals surface area contributed by atoms with Crippen LogP contribution < -0.4 is 5.32 Å². The van der Waals surface area contributed by atoms with Crippen molar-refractivity contribution in [1.29, 1.82) is 0 Å². The molecule has 0 aromatic rings. The van der Waals surface area contributed by atoms with E-state index in [2.05, 4.69) is 5.32 Å². The summed E-state index contributed by atoms with van der Waals surface area (Å²) in [6.07, 6.45) is -1.12. The van der Waals surface area contributed by atoms with Crippen molar-refractivity contribution in [3.63, 3.8) is 0 Å². The van der Waals surface area contributed by atoms with Crippen molar-refractivity contribution in [3.8, 4) is 0 Å². The standard InChI is InChI=1S/C8H19NO3/c1-6(2)8(12)4-9-3-7(11)5-10/h6-12H,3-5H2,1-2H3. The van der Waals surface area contributed by atoms with Crippen LogP contribution in [0.2, 0.25) is 0 Å². The lowest BCUT2D eigenvalue weighted by Crippen LogP contribution is -2.36. The van der Waals surface area contributed by atoms with E-state index in [1.807, 2.05) is 13.8 Å². The van der Waals surface area contributed by atoms with E-state index in [9.17, 15) is 5.11 Å². The first kappa shape index (κ1) is 11.8. The van der Waals surface area contributed by atoms with E-state index in [0.717, 1.165) is 0 Å². The summed E-state index contributed by atoms with van der Waals surface area (Å²) in [5.41, 5.74) is 0. The molecule has 4 heteroatoms. The van der Waals surface area contributed by atoms with E-state index in [1.165, 1.54) is 0 Å². The van der Waals surface area contributed by atoms with Crippen LogP contribution in [-0.4, -0.2) is 47.2 Å². The molecule has 0 saturated heterocycles. The van der Waals surface area contributed by atoms with E-state index in [4.69, 9.17) is 10.2 Å². The van der Waals surface area contributed by atoms with E-state index in [1.54, 1.807) is 0 Å². The third-order valence-corrected chi connectivity index (χ3v) is 1.71. The Kier molecular flexibility index (Phi) is 6.28. The van der Waals surface area contributed by atoms with Crippen LogP contribution in [0.3, 0.4) is 0 Å². The Hall–Kier alpha value is -0.160. The number of hydrogen-bond acceptors (Lipinski definition) is 4. The summed E-state index contributed by atoms with van der Waals surface area (Å²) in [6.45, 7) is 4.38. The molecule has 0 heterocycles. The van der Waals surface area contributed by atoms with Crippen molar-refractivity contribution in [2.24, 2.45) is 5.92 Å². The fraction of sp³-hybridized carbons (Fsp3) is 1.00. The molecule has 0 rings (SSSR count). The number of aliphatic hydroxyl groups is 3. The molecule has 0 bridgehead atoms. The molecule has 0 aromatic heterocycles. The third-order valence-electron chi connectivity index (χ3n) is 1.71. The molecule has 0 spiro atoms. The van der Waals surface area contributed by atoms with Crippen molar-refractivity contribution >= 4 is 0 Å². The molecular weight excluding hydrogens is 158 g/mol. The Balaban J connectivity index is 3.30. The molecule has 12 heavy (non-hydrogen) atoms. The Morgan fingerprint density at radius 3 is 2.17 bits per heavy atom. The highest BCUT2D eigenvalue weighted by Crippen LogP contribution is 1.98. The van der Waals surface area contributed by atoms with Gasteiger partial charge in [-0.25, -0.2) is 0 Å². The van der Waals surface area contributed by atoms with E-state index in [0.29, 0.717) is 13.1 Å². The van der Waals surface area contributed by atoms with Gasteiger partial charge in [-0.15, -0.1) is 0 Å². The summed E-state index contributed by atoms with van der Waals surface area (Å²) in [4.78, 5) is 0. The molecule has 4 N–H and O–H groups in total. The fourth-order valence-corrected chi connectivity index (χ4v) is 0.698. The van der Waals surface area contributed by atoms with Crippen LogP contribution in [-0.2, 0) is 0 Å². The summed E-state index contributed by atoms with van der Waals surface area (Å²) in [5, 5.41) is 29.5. The number of nitrogens with one attached hydrogen (secondary N) is 1. The second kappa shape index (κ2) is 6.37. The van der Waals surface area contributed by atoms with E-state index >= 15 is 0 Å². The molecule has 0 aliphatic rings. The van der Waals surface area contributed by atoms with Crippen LogP contribution >= 0.6 is 0 Å². The van der Waals surface area contributed by atoms with Gasteiger partial charge in [0.05, 0.1) is 18.8 Å². The normalized spacial score (nSPS) is 16.5. The van der Waals surface area contributed by atoms with Gasteiger partial charge in [-0.3, -0.25) is 0 Å². The van der Waals surface area contributed by atoms with Crippen LogP contribution in [0.5, 0.6) is 0 Å². The first-order valence-electron chi connectivity index (χ1n) is 4.25. The maximum atomic E-state index is 9.31. The third kappa shape index (κ3) is 5.49. The lowest BCUT2D eigenvalue weighted by Gasteiger charge is -2.16. The summed E-state index contributed by atoms with van der Waals surface area (Å²) < 4.78 is 0. The van der Waals surface area contributed by atoms with Crippen molar-refractivity contribution in [1.82, 2.24) is 5.32 Å². The van der Waals surface area contributed by atoms with Gasteiger partial charge in [-0.2, -0.15) is 0 Å². The van der Waals surface area contributed by atoms with Gasteiger partial charge in [-0.1, -0.05) is 13.8 Å². The van der Waals surface area contributed by atoms with Crippen molar-refractivity contribution in [2.45, 2.75) is 26.1 Å². The zero-order chi connectivity index (χ0) is 9.56. The Bertz CT molecular complexity index is 108. The molecule has 2 atom stereocenters. The van der Waals surface area contributed by atoms with Gasteiger partial charge >= 0.3 is 0 Å². The zero-order valence-corrected chi connectivity index (χ0v) is 7.70. The van der Waals surface area contributed by atoms with Gasteiger partial charge in [0.2, 0.25) is 0 Å². The molecule has 0 aliphatic carbocycles. The van der Waals surface area contributed by atoms with Gasteiger partial charge in [0.1, 0.15) is 0 Å². The fourth-order valence-electron chi connectivity index (χ4n) is 0.698. The summed E-state index contributed by atoms with van der Waals surface area (Å²) in [5.74, 6) is 0.212. The molecule has 0 saturated carbocycles. The molecule has 74 valence electrons. The highest BCUT2D eigenvalue weighted by atomic mass is 16.3. The Labute approximate surface area is 73.2 Å². The number of rotatable bonds is 6. The van der Waals surface area contributed by atoms with Crippen LogP contribution in [0, 0.1) is 5.92 Å². The molecule has 4 nitrogen and oxygen atoms in total. The summed E-state index contributed by atoms with van der Waals surface area (Å²) in [6, 6.07) is 0. The van der Waals surface area contributed by atoms with Crippen molar-refractivity contribution in [2.75, 3.05) is 19.7 Å². The SMILES string of the molecule is CC(C)C(O)CNCC(O)CO. The average molecular weight is 177 g/mol. The lowest BCUT2D eigenvalue weighted by molar-refractivity contribution is 0.0828. The van der Waals surface area contributed by atoms with Crippen LogP contribution in [0.1, 0.15) is 13.8 Å². The van der Waals surface area contributed by atoms with Crippen molar-refractivity contribution in [3.05, 3.63) is 0 Å². The highest BCUT2D eigenvalue weighted by molar-refractivity contribution is 4.65. The minimum atomic E-state index is -0.732. The summed E-state index contributed by atoms with van der Waals surface area (Å²) in [7, 11) is 0. The van der Waals surface area contributed by atoms with Gasteiger partial charge in [-0.05, 0) is 5.92 Å². The molecule has 0 aromatic carbocycles. The monoisotopic (exact) mass is 177 g/mol. The predicted octanol–water partition coefficient (Wildman–Crippen LogP) is -1.05. The smallest absolute Gasteiger partial charge is 0.0894 e. The maximum absolute atomic E-state index is 9.31. The van der Waals surface area contributed by atoms with E-state index < -0.39 is 12.2 Å². The highest BCUT2D eigenvalue weighted by Gasteiger charge is 2.08. The van der Waals surface area contributed by atoms with Gasteiger partial charge in [0.15, 0.2) is 0 Å². The number of aliphatic hydroxyl groups excluding tert-OH is 3. The molecule has 0 aliphatic heterocycles. The topological polar surface area (TPSA) is 72.7 Å². The number of hydrogen-bond donors (Lipinski definition) is 4. The first-order valence-corrected chi connectivity index (χ1v) is 4.25. The predicted molar refractivity (Wildman–Crippen MR) is 46.8 cm³/mol. The molecule has 0 fully saturated rings. The minimum absolute atomic E-state index is 0.212. The molecule has 0 amide bonds. The molecular formula is C8H19NO3. The maximum Gasteiger partial charge on any atom is 0.0894 e. The van der Waals surface area contributed by atoms with Crippen molar-refractivity contribution < 1.29 is 15.3 Å². The Morgan fingerprint density at radius 2 is 1.75 bits per heavy atom. The molecule has 0 radical (unpaired) electrons. The molecule has 2 unspecified atom stereocenters. The average Bonchev–Trinajstić information content (AvgIpc) is 2.03. The Morgan fingerprint density at radius 1 is 1.17 bits per heavy atom. The second-order valence-corrected chi connectivity index (χ2v) is 3.31. The van der Waals surface area contributed by atoms with Gasteiger partial charge in [0.25, 0.3) is 0 Å². The zero-order valence-electron chi connectivity index (χ0n) is 7.70. The quantitative estimate of drug-likeness (QED) is 0.417.